The van der Waals surface area contributed by atoms with Crippen molar-refractivity contribution in [1.29, 1.82) is 0 Å². The van der Waals surface area contributed by atoms with Gasteiger partial charge in [0, 0.05) is 23.6 Å². The molecular formula is C18H21NO7. The molecule has 0 bridgehead atoms. The number of hydrogen-bond donors (Lipinski definition) is 0. The number of benzene rings is 1. The van der Waals surface area contributed by atoms with Crippen LogP contribution in [-0.4, -0.2) is 23.6 Å². The van der Waals surface area contributed by atoms with Crippen molar-refractivity contribution in [1.82, 2.24) is 0 Å². The maximum atomic E-state index is 12.0. The first-order valence-corrected chi connectivity index (χ1v) is 8.29. The van der Waals surface area contributed by atoms with Crippen molar-refractivity contribution < 1.29 is 23.6 Å². The van der Waals surface area contributed by atoms with Gasteiger partial charge in [0.05, 0.1) is 11.5 Å². The summed E-state index contributed by atoms with van der Waals surface area (Å²) in [7, 11) is 0. The van der Waals surface area contributed by atoms with Crippen LogP contribution in [0.25, 0.3) is 11.0 Å². The number of esters is 1. The average Bonchev–Trinajstić information content (AvgIpc) is 2.58. The molecule has 0 spiro atoms. The number of rotatable bonds is 7. The summed E-state index contributed by atoms with van der Waals surface area (Å²) in [6, 6.07) is 3.77. The van der Waals surface area contributed by atoms with Crippen LogP contribution in [0.5, 0.6) is 5.75 Å². The minimum absolute atomic E-state index is 0.149. The molecule has 1 aromatic carbocycles. The quantitative estimate of drug-likeness (QED) is 0.321. The van der Waals surface area contributed by atoms with Crippen molar-refractivity contribution in [2.75, 3.05) is 6.61 Å². The number of nitro benzene ring substituents is 1. The standard InChI is InChI=1S/C18H21NO7/c1-5-10(2)9-24-18(21)12(4)25-16-8-15-13(7-14(16)19(22)23)11(3)6-17(20)26-15/h6-8,10,12H,5,9H2,1-4H3. The third kappa shape index (κ3) is 4.38. The van der Waals surface area contributed by atoms with E-state index in [-0.39, 0.29) is 29.5 Å². The molecule has 2 aromatic rings. The number of hydrogen-bond acceptors (Lipinski definition) is 7. The zero-order valence-electron chi connectivity index (χ0n) is 15.1. The van der Waals surface area contributed by atoms with Gasteiger partial charge in [-0.2, -0.15) is 0 Å². The molecule has 2 rings (SSSR count). The summed E-state index contributed by atoms with van der Waals surface area (Å²) < 4.78 is 15.7. The molecule has 0 amide bonds. The molecule has 2 unspecified atom stereocenters. The number of carbonyl (C=O) groups excluding carboxylic acids is 1. The Bertz CT molecular complexity index is 887. The Morgan fingerprint density at radius 1 is 1.31 bits per heavy atom. The number of nitro groups is 1. The molecule has 8 nitrogen and oxygen atoms in total. The zero-order valence-corrected chi connectivity index (χ0v) is 15.1. The predicted molar refractivity (Wildman–Crippen MR) is 94.4 cm³/mol. The van der Waals surface area contributed by atoms with Crippen LogP contribution in [0.1, 0.15) is 32.8 Å². The van der Waals surface area contributed by atoms with E-state index in [1.54, 1.807) is 6.92 Å². The largest absolute Gasteiger partial charge is 0.472 e. The highest BCUT2D eigenvalue weighted by Crippen LogP contribution is 2.33. The van der Waals surface area contributed by atoms with Gasteiger partial charge in [0.1, 0.15) is 5.58 Å². The molecule has 26 heavy (non-hydrogen) atoms. The van der Waals surface area contributed by atoms with Gasteiger partial charge in [-0.05, 0) is 25.3 Å². The SMILES string of the molecule is CCC(C)COC(=O)C(C)Oc1cc2oc(=O)cc(C)c2cc1[N+](=O)[O-]. The van der Waals surface area contributed by atoms with E-state index in [0.29, 0.717) is 10.9 Å². The van der Waals surface area contributed by atoms with E-state index in [1.165, 1.54) is 25.1 Å². The molecule has 0 N–H and O–H groups in total. The number of ether oxygens (including phenoxy) is 2. The second-order valence-electron chi connectivity index (χ2n) is 6.23. The molecule has 0 saturated carbocycles. The Morgan fingerprint density at radius 3 is 2.62 bits per heavy atom. The van der Waals surface area contributed by atoms with Crippen molar-refractivity contribution >= 4 is 22.6 Å². The van der Waals surface area contributed by atoms with Crippen molar-refractivity contribution in [2.45, 2.75) is 40.2 Å². The minimum Gasteiger partial charge on any atom is -0.472 e. The summed E-state index contributed by atoms with van der Waals surface area (Å²) in [5.74, 6) is -0.576. The van der Waals surface area contributed by atoms with Crippen molar-refractivity contribution in [3.8, 4) is 5.75 Å². The Hall–Kier alpha value is -2.90. The van der Waals surface area contributed by atoms with Gasteiger partial charge in [0.15, 0.2) is 6.10 Å². The van der Waals surface area contributed by atoms with E-state index in [4.69, 9.17) is 13.9 Å². The van der Waals surface area contributed by atoms with Gasteiger partial charge >= 0.3 is 17.3 Å². The normalized spacial score (nSPS) is 13.2. The summed E-state index contributed by atoms with van der Waals surface area (Å²) in [6.07, 6.45) is -0.191. The summed E-state index contributed by atoms with van der Waals surface area (Å²) >= 11 is 0. The van der Waals surface area contributed by atoms with Gasteiger partial charge in [0.2, 0.25) is 5.75 Å². The molecule has 8 heteroatoms. The maximum absolute atomic E-state index is 12.0. The number of carbonyl (C=O) groups is 1. The monoisotopic (exact) mass is 363 g/mol. The van der Waals surface area contributed by atoms with Gasteiger partial charge in [-0.1, -0.05) is 20.3 Å². The molecule has 2 atom stereocenters. The molecule has 1 aromatic heterocycles. The van der Waals surface area contributed by atoms with Crippen LogP contribution in [0.4, 0.5) is 5.69 Å². The molecule has 0 saturated heterocycles. The molecule has 0 aliphatic rings. The molecule has 0 fully saturated rings. The van der Waals surface area contributed by atoms with Crippen molar-refractivity contribution in [2.24, 2.45) is 5.92 Å². The summed E-state index contributed by atoms with van der Waals surface area (Å²) in [5.41, 5.74) is -0.200. The fourth-order valence-electron chi connectivity index (χ4n) is 2.27. The van der Waals surface area contributed by atoms with Gasteiger partial charge in [-0.3, -0.25) is 10.1 Å². The number of aryl methyl sites for hydroxylation is 1. The zero-order chi connectivity index (χ0) is 19.4. The average molecular weight is 363 g/mol. The van der Waals surface area contributed by atoms with E-state index in [9.17, 15) is 19.7 Å². The lowest BCUT2D eigenvalue weighted by atomic mass is 10.1. The fourth-order valence-corrected chi connectivity index (χ4v) is 2.27. The van der Waals surface area contributed by atoms with Gasteiger partial charge in [-0.15, -0.1) is 0 Å². The summed E-state index contributed by atoms with van der Waals surface area (Å²) in [6.45, 7) is 7.26. The van der Waals surface area contributed by atoms with Crippen LogP contribution in [0.3, 0.4) is 0 Å². The second kappa shape index (κ2) is 7.99. The molecular weight excluding hydrogens is 342 g/mol. The van der Waals surface area contributed by atoms with Crippen LogP contribution in [0.2, 0.25) is 0 Å². The first-order valence-electron chi connectivity index (χ1n) is 8.29. The van der Waals surface area contributed by atoms with Gasteiger partial charge < -0.3 is 13.9 Å². The van der Waals surface area contributed by atoms with Crippen molar-refractivity contribution in [3.05, 3.63) is 44.3 Å². The Morgan fingerprint density at radius 2 is 2.00 bits per heavy atom. The van der Waals surface area contributed by atoms with E-state index in [0.717, 1.165) is 6.42 Å². The van der Waals surface area contributed by atoms with Crippen molar-refractivity contribution in [3.63, 3.8) is 0 Å². The third-order valence-electron chi connectivity index (χ3n) is 4.07. The minimum atomic E-state index is -1.05. The number of nitrogens with zero attached hydrogens (tertiary/aromatic N) is 1. The Kier molecular flexibility index (Phi) is 5.97. The molecule has 1 heterocycles. The van der Waals surface area contributed by atoms with E-state index in [1.807, 2.05) is 13.8 Å². The van der Waals surface area contributed by atoms with Crippen LogP contribution in [-0.2, 0) is 9.53 Å². The predicted octanol–water partition coefficient (Wildman–Crippen LogP) is 3.37. The van der Waals surface area contributed by atoms with Crippen LogP contribution < -0.4 is 10.4 Å². The highest BCUT2D eigenvalue weighted by Gasteiger charge is 2.24. The van der Waals surface area contributed by atoms with E-state index in [2.05, 4.69) is 0 Å². The first kappa shape index (κ1) is 19.4. The lowest BCUT2D eigenvalue weighted by molar-refractivity contribution is -0.385. The first-order chi connectivity index (χ1) is 12.2. The van der Waals surface area contributed by atoms with Gasteiger partial charge in [0.25, 0.3) is 0 Å². The smallest absolute Gasteiger partial charge is 0.347 e. The van der Waals surface area contributed by atoms with Gasteiger partial charge in [-0.25, -0.2) is 9.59 Å². The Labute approximate surface area is 149 Å². The molecule has 0 aliphatic heterocycles. The highest BCUT2D eigenvalue weighted by molar-refractivity contribution is 5.85. The number of fused-ring (bicyclic) bond motifs is 1. The van der Waals surface area contributed by atoms with E-state index < -0.39 is 22.6 Å². The second-order valence-corrected chi connectivity index (χ2v) is 6.23. The molecule has 0 radical (unpaired) electrons. The topological polar surface area (TPSA) is 109 Å². The summed E-state index contributed by atoms with van der Waals surface area (Å²) in [5, 5.41) is 11.8. The van der Waals surface area contributed by atoms with Crippen LogP contribution in [0, 0.1) is 23.0 Å². The third-order valence-corrected chi connectivity index (χ3v) is 4.07. The van der Waals surface area contributed by atoms with Crippen LogP contribution in [0.15, 0.2) is 27.4 Å². The fraction of sp³-hybridized carbons (Fsp3) is 0.444. The summed E-state index contributed by atoms with van der Waals surface area (Å²) in [4.78, 5) is 34.3. The highest BCUT2D eigenvalue weighted by atomic mass is 16.6. The van der Waals surface area contributed by atoms with E-state index >= 15 is 0 Å². The lowest BCUT2D eigenvalue weighted by Gasteiger charge is -2.16. The maximum Gasteiger partial charge on any atom is 0.347 e. The van der Waals surface area contributed by atoms with Crippen LogP contribution >= 0.6 is 0 Å². The molecule has 0 aliphatic carbocycles. The lowest BCUT2D eigenvalue weighted by Crippen LogP contribution is -2.27. The molecule has 140 valence electrons. The Balaban J connectivity index is 2.32.